The minimum atomic E-state index is -0.186. The van der Waals surface area contributed by atoms with Gasteiger partial charge in [0, 0.05) is 32.4 Å². The minimum absolute atomic E-state index is 0.186. The van der Waals surface area contributed by atoms with Gasteiger partial charge in [0.25, 0.3) is 0 Å². The Morgan fingerprint density at radius 1 is 1.16 bits per heavy atom. The zero-order valence-corrected chi connectivity index (χ0v) is 15.6. The number of aromatic nitrogens is 2. The van der Waals surface area contributed by atoms with Crippen LogP contribution >= 0.6 is 0 Å². The maximum absolute atomic E-state index is 13.1. The molecule has 0 amide bonds. The highest BCUT2D eigenvalue weighted by molar-refractivity contribution is 5.79. The molecule has 0 saturated carbocycles. The second-order valence-corrected chi connectivity index (χ2v) is 6.25. The highest BCUT2D eigenvalue weighted by Gasteiger charge is 2.03. The summed E-state index contributed by atoms with van der Waals surface area (Å²) in [7, 11) is 1.76. The van der Waals surface area contributed by atoms with Gasteiger partial charge in [-0.2, -0.15) is 5.10 Å². The van der Waals surface area contributed by atoms with Crippen LogP contribution < -0.4 is 10.6 Å². The molecule has 136 valence electrons. The van der Waals surface area contributed by atoms with Crippen molar-refractivity contribution in [2.24, 2.45) is 4.99 Å². The average Bonchev–Trinajstić information content (AvgIpc) is 2.89. The van der Waals surface area contributed by atoms with Crippen LogP contribution in [0.25, 0.3) is 0 Å². The summed E-state index contributed by atoms with van der Waals surface area (Å²) >= 11 is 0. The van der Waals surface area contributed by atoms with Gasteiger partial charge in [-0.05, 0) is 62.9 Å². The molecule has 0 aliphatic heterocycles. The molecule has 1 aromatic carbocycles. The highest BCUT2D eigenvalue weighted by atomic mass is 19.1. The standard InChI is InChI=1S/C19H28FN5/c1-14-12-18(20)7-6-17(14)8-10-23-19(21-4)22-9-5-11-25-16(3)13-15(2)24-25/h6-7,12-13H,5,8-11H2,1-4H3,(H2,21,22,23). The van der Waals surface area contributed by atoms with Crippen LogP contribution in [0.3, 0.4) is 0 Å². The molecule has 2 aromatic rings. The molecule has 0 spiro atoms. The molecule has 5 nitrogen and oxygen atoms in total. The Balaban J connectivity index is 1.69. The number of benzene rings is 1. The number of hydrogen-bond acceptors (Lipinski definition) is 2. The zero-order valence-electron chi connectivity index (χ0n) is 15.6. The molecular weight excluding hydrogens is 317 g/mol. The van der Waals surface area contributed by atoms with Crippen molar-refractivity contribution in [2.75, 3.05) is 20.1 Å². The summed E-state index contributed by atoms with van der Waals surface area (Å²) in [5.74, 6) is 0.599. The molecule has 25 heavy (non-hydrogen) atoms. The Kier molecular flexibility index (Phi) is 6.98. The number of rotatable bonds is 7. The summed E-state index contributed by atoms with van der Waals surface area (Å²) in [5, 5.41) is 11.1. The quantitative estimate of drug-likeness (QED) is 0.461. The van der Waals surface area contributed by atoms with E-state index in [1.54, 1.807) is 13.1 Å². The molecule has 0 radical (unpaired) electrons. The second-order valence-electron chi connectivity index (χ2n) is 6.25. The zero-order chi connectivity index (χ0) is 18.2. The summed E-state index contributed by atoms with van der Waals surface area (Å²) in [6.45, 7) is 8.49. The molecule has 0 fully saturated rings. The average molecular weight is 345 g/mol. The summed E-state index contributed by atoms with van der Waals surface area (Å²) in [4.78, 5) is 4.23. The number of hydrogen-bond donors (Lipinski definition) is 2. The Hall–Kier alpha value is -2.37. The predicted octanol–water partition coefficient (Wildman–Crippen LogP) is 2.75. The van der Waals surface area contributed by atoms with Gasteiger partial charge in [-0.3, -0.25) is 9.67 Å². The number of nitrogens with one attached hydrogen (secondary N) is 2. The first-order valence-corrected chi connectivity index (χ1v) is 8.70. The Bertz CT molecular complexity index is 721. The summed E-state index contributed by atoms with van der Waals surface area (Å²) in [6, 6.07) is 7.01. The van der Waals surface area contributed by atoms with E-state index in [0.29, 0.717) is 0 Å². The maximum Gasteiger partial charge on any atom is 0.190 e. The second kappa shape index (κ2) is 9.20. The third-order valence-electron chi connectivity index (χ3n) is 4.16. The maximum atomic E-state index is 13.1. The van der Waals surface area contributed by atoms with Gasteiger partial charge in [0.2, 0.25) is 0 Å². The largest absolute Gasteiger partial charge is 0.356 e. The van der Waals surface area contributed by atoms with Gasteiger partial charge >= 0.3 is 0 Å². The lowest BCUT2D eigenvalue weighted by Crippen LogP contribution is -2.39. The Labute approximate surface area is 149 Å². The van der Waals surface area contributed by atoms with Gasteiger partial charge in [-0.1, -0.05) is 6.07 Å². The molecule has 0 bridgehead atoms. The SMILES string of the molecule is CN=C(NCCCn1nc(C)cc1C)NCCc1ccc(F)cc1C. The van der Waals surface area contributed by atoms with Crippen molar-refractivity contribution < 1.29 is 4.39 Å². The van der Waals surface area contributed by atoms with Gasteiger partial charge < -0.3 is 10.6 Å². The molecule has 1 heterocycles. The summed E-state index contributed by atoms with van der Waals surface area (Å²) < 4.78 is 15.2. The number of aryl methyl sites for hydroxylation is 4. The predicted molar refractivity (Wildman–Crippen MR) is 101 cm³/mol. The van der Waals surface area contributed by atoms with Crippen molar-refractivity contribution in [3.8, 4) is 0 Å². The van der Waals surface area contributed by atoms with Crippen molar-refractivity contribution in [3.63, 3.8) is 0 Å². The van der Waals surface area contributed by atoms with Gasteiger partial charge in [0.15, 0.2) is 5.96 Å². The first-order valence-electron chi connectivity index (χ1n) is 8.70. The van der Waals surface area contributed by atoms with Crippen molar-refractivity contribution >= 4 is 5.96 Å². The molecule has 1 aromatic heterocycles. The van der Waals surface area contributed by atoms with Gasteiger partial charge in [0.1, 0.15) is 5.82 Å². The van der Waals surface area contributed by atoms with Crippen LogP contribution in [0, 0.1) is 26.6 Å². The van der Waals surface area contributed by atoms with Crippen molar-refractivity contribution in [2.45, 2.75) is 40.2 Å². The van der Waals surface area contributed by atoms with E-state index in [-0.39, 0.29) is 5.82 Å². The number of halogens is 1. The lowest BCUT2D eigenvalue weighted by molar-refractivity contribution is 0.555. The molecule has 0 saturated heterocycles. The lowest BCUT2D eigenvalue weighted by Gasteiger charge is -2.13. The van der Waals surface area contributed by atoms with Crippen LogP contribution in [0.5, 0.6) is 0 Å². The van der Waals surface area contributed by atoms with Crippen LogP contribution in [0.4, 0.5) is 4.39 Å². The fourth-order valence-electron chi connectivity index (χ4n) is 2.81. The normalized spacial score (nSPS) is 11.6. The monoisotopic (exact) mass is 345 g/mol. The minimum Gasteiger partial charge on any atom is -0.356 e. The van der Waals surface area contributed by atoms with E-state index in [1.807, 2.05) is 24.6 Å². The topological polar surface area (TPSA) is 54.2 Å². The Morgan fingerprint density at radius 3 is 2.56 bits per heavy atom. The number of aliphatic imine (C=N–C) groups is 1. The molecule has 0 atom stereocenters. The van der Waals surface area contributed by atoms with E-state index in [4.69, 9.17) is 0 Å². The van der Waals surface area contributed by atoms with Crippen molar-refractivity contribution in [1.82, 2.24) is 20.4 Å². The third kappa shape index (κ3) is 5.89. The van der Waals surface area contributed by atoms with E-state index in [2.05, 4.69) is 33.7 Å². The first-order chi connectivity index (χ1) is 12.0. The first kappa shape index (κ1) is 19.0. The lowest BCUT2D eigenvalue weighted by atomic mass is 10.1. The van der Waals surface area contributed by atoms with Crippen LogP contribution in [0.15, 0.2) is 29.3 Å². The fourth-order valence-corrected chi connectivity index (χ4v) is 2.81. The van der Waals surface area contributed by atoms with E-state index in [0.717, 1.165) is 55.3 Å². The van der Waals surface area contributed by atoms with Crippen LogP contribution in [-0.2, 0) is 13.0 Å². The van der Waals surface area contributed by atoms with E-state index >= 15 is 0 Å². The Morgan fingerprint density at radius 2 is 1.92 bits per heavy atom. The van der Waals surface area contributed by atoms with Crippen LogP contribution in [0.1, 0.15) is 28.9 Å². The molecule has 0 aliphatic rings. The van der Waals surface area contributed by atoms with Gasteiger partial charge in [0.05, 0.1) is 5.69 Å². The molecule has 2 rings (SSSR count). The smallest absolute Gasteiger partial charge is 0.190 e. The van der Waals surface area contributed by atoms with E-state index in [9.17, 15) is 4.39 Å². The molecular formula is C19H28FN5. The van der Waals surface area contributed by atoms with Crippen LogP contribution in [-0.4, -0.2) is 35.9 Å². The van der Waals surface area contributed by atoms with E-state index < -0.39 is 0 Å². The highest BCUT2D eigenvalue weighted by Crippen LogP contribution is 2.10. The van der Waals surface area contributed by atoms with Gasteiger partial charge in [-0.25, -0.2) is 4.39 Å². The molecule has 0 unspecified atom stereocenters. The van der Waals surface area contributed by atoms with Crippen LogP contribution in [0.2, 0.25) is 0 Å². The van der Waals surface area contributed by atoms with Gasteiger partial charge in [-0.15, -0.1) is 0 Å². The third-order valence-corrected chi connectivity index (χ3v) is 4.16. The molecule has 0 aliphatic carbocycles. The fraction of sp³-hybridized carbons (Fsp3) is 0.474. The van der Waals surface area contributed by atoms with Crippen molar-refractivity contribution in [1.29, 1.82) is 0 Å². The van der Waals surface area contributed by atoms with E-state index in [1.165, 1.54) is 11.8 Å². The number of nitrogens with zero attached hydrogens (tertiary/aromatic N) is 3. The van der Waals surface area contributed by atoms with Crippen molar-refractivity contribution in [3.05, 3.63) is 52.6 Å². The molecule has 6 heteroatoms. The summed E-state index contributed by atoms with van der Waals surface area (Å²) in [5.41, 5.74) is 4.37. The summed E-state index contributed by atoms with van der Waals surface area (Å²) in [6.07, 6.45) is 1.80. The number of guanidine groups is 1. The molecule has 2 N–H and O–H groups in total.